The Hall–Kier alpha value is -1.89. The zero-order chi connectivity index (χ0) is 17.4. The summed E-state index contributed by atoms with van der Waals surface area (Å²) in [4.78, 5) is 12.6. The van der Waals surface area contributed by atoms with Crippen molar-refractivity contribution in [2.24, 2.45) is 4.99 Å². The van der Waals surface area contributed by atoms with Crippen LogP contribution in [0.25, 0.3) is 0 Å². The van der Waals surface area contributed by atoms with Crippen LogP contribution in [0, 0.1) is 0 Å². The third-order valence-electron chi connectivity index (χ3n) is 3.56. The fourth-order valence-electron chi connectivity index (χ4n) is 2.17. The van der Waals surface area contributed by atoms with E-state index in [0.717, 1.165) is 31.3 Å². The first kappa shape index (κ1) is 18.4. The highest BCUT2D eigenvalue weighted by atomic mass is 32.1. The topological polar surface area (TPSA) is 66.5 Å². The number of thiophene rings is 1. The van der Waals surface area contributed by atoms with Crippen LogP contribution < -0.4 is 5.32 Å². The van der Waals surface area contributed by atoms with Gasteiger partial charge in [0.05, 0.1) is 6.54 Å². The molecule has 0 amide bonds. The molecule has 0 bridgehead atoms. The smallest absolute Gasteiger partial charge is 0.228 e. The number of hydrogen-bond acceptors (Lipinski definition) is 5. The summed E-state index contributed by atoms with van der Waals surface area (Å²) in [6.07, 6.45) is 1.69. The second-order valence-corrected chi connectivity index (χ2v) is 6.97. The fraction of sp³-hybridized carbons (Fsp3) is 0.588. The molecular formula is C17H27N5OS. The number of hydrogen-bond donors (Lipinski definition) is 1. The molecule has 0 unspecified atom stereocenters. The lowest BCUT2D eigenvalue weighted by Gasteiger charge is -2.21. The first-order valence-electron chi connectivity index (χ1n) is 8.44. The molecule has 0 fully saturated rings. The summed E-state index contributed by atoms with van der Waals surface area (Å²) in [6, 6.07) is 4.26. The van der Waals surface area contributed by atoms with Crippen LogP contribution in [0.1, 0.15) is 43.3 Å². The molecular weight excluding hydrogens is 322 g/mol. The van der Waals surface area contributed by atoms with Crippen LogP contribution in [0.3, 0.4) is 0 Å². The Labute approximate surface area is 148 Å². The van der Waals surface area contributed by atoms with Gasteiger partial charge in [-0.25, -0.2) is 0 Å². The van der Waals surface area contributed by atoms with Crippen LogP contribution in [0.4, 0.5) is 0 Å². The molecule has 0 aliphatic heterocycles. The summed E-state index contributed by atoms with van der Waals surface area (Å²) >= 11 is 1.80. The lowest BCUT2D eigenvalue weighted by atomic mass is 10.2. The van der Waals surface area contributed by atoms with E-state index >= 15 is 0 Å². The van der Waals surface area contributed by atoms with Crippen molar-refractivity contribution in [3.63, 3.8) is 0 Å². The molecule has 6 nitrogen and oxygen atoms in total. The molecule has 0 aromatic carbocycles. The SMILES string of the molecule is CCNC(=NCCc1nc(C(C)C)no1)N(C)CCc1cccs1. The summed E-state index contributed by atoms with van der Waals surface area (Å²) in [5.41, 5.74) is 0. The monoisotopic (exact) mass is 349 g/mol. The predicted molar refractivity (Wildman–Crippen MR) is 98.7 cm³/mol. The maximum Gasteiger partial charge on any atom is 0.228 e. The summed E-state index contributed by atoms with van der Waals surface area (Å²) in [5.74, 6) is 2.61. The molecule has 0 atom stereocenters. The molecule has 0 saturated carbocycles. The van der Waals surface area contributed by atoms with Crippen molar-refractivity contribution < 1.29 is 4.52 Å². The van der Waals surface area contributed by atoms with Crippen LogP contribution in [-0.2, 0) is 12.8 Å². The maximum atomic E-state index is 5.26. The molecule has 132 valence electrons. The minimum atomic E-state index is 0.284. The fourth-order valence-corrected chi connectivity index (χ4v) is 2.87. The Kier molecular flexibility index (Phi) is 7.24. The summed E-state index contributed by atoms with van der Waals surface area (Å²) < 4.78 is 5.26. The van der Waals surface area contributed by atoms with Gasteiger partial charge in [-0.05, 0) is 24.8 Å². The quantitative estimate of drug-likeness (QED) is 0.586. The number of rotatable bonds is 8. The molecule has 2 aromatic rings. The number of nitrogens with zero attached hydrogens (tertiary/aromatic N) is 4. The maximum absolute atomic E-state index is 5.26. The molecule has 0 saturated heterocycles. The zero-order valence-electron chi connectivity index (χ0n) is 15.0. The minimum Gasteiger partial charge on any atom is -0.357 e. The average Bonchev–Trinajstić information content (AvgIpc) is 3.23. The molecule has 2 aromatic heterocycles. The first-order chi connectivity index (χ1) is 11.6. The highest BCUT2D eigenvalue weighted by Gasteiger charge is 2.10. The van der Waals surface area contributed by atoms with Gasteiger partial charge in [-0.2, -0.15) is 4.98 Å². The van der Waals surface area contributed by atoms with Gasteiger partial charge >= 0.3 is 0 Å². The highest BCUT2D eigenvalue weighted by Crippen LogP contribution is 2.10. The van der Waals surface area contributed by atoms with Crippen LogP contribution in [0.5, 0.6) is 0 Å². The number of guanidine groups is 1. The average molecular weight is 350 g/mol. The Morgan fingerprint density at radius 3 is 2.88 bits per heavy atom. The van der Waals surface area contributed by atoms with Crippen molar-refractivity contribution in [3.05, 3.63) is 34.1 Å². The predicted octanol–water partition coefficient (Wildman–Crippen LogP) is 2.94. The van der Waals surface area contributed by atoms with Crippen LogP contribution in [-0.4, -0.2) is 47.7 Å². The molecule has 2 heterocycles. The van der Waals surface area contributed by atoms with E-state index in [1.807, 2.05) is 0 Å². The summed E-state index contributed by atoms with van der Waals surface area (Å²) in [6.45, 7) is 8.60. The normalized spacial score (nSPS) is 12.0. The summed E-state index contributed by atoms with van der Waals surface area (Å²) in [7, 11) is 2.07. The number of aromatic nitrogens is 2. The molecule has 1 N–H and O–H groups in total. The highest BCUT2D eigenvalue weighted by molar-refractivity contribution is 7.09. The lowest BCUT2D eigenvalue weighted by molar-refractivity contribution is 0.372. The van der Waals surface area contributed by atoms with Gasteiger partial charge in [-0.15, -0.1) is 11.3 Å². The van der Waals surface area contributed by atoms with E-state index in [1.54, 1.807) is 11.3 Å². The third kappa shape index (κ3) is 5.63. The molecule has 7 heteroatoms. The van der Waals surface area contributed by atoms with E-state index in [9.17, 15) is 0 Å². The zero-order valence-corrected chi connectivity index (χ0v) is 15.8. The van der Waals surface area contributed by atoms with Crippen molar-refractivity contribution in [2.45, 2.75) is 39.5 Å². The Balaban J connectivity index is 1.86. The minimum absolute atomic E-state index is 0.284. The Morgan fingerprint density at radius 1 is 1.42 bits per heavy atom. The molecule has 2 rings (SSSR count). The molecule has 0 radical (unpaired) electrons. The van der Waals surface area contributed by atoms with E-state index in [0.29, 0.717) is 18.9 Å². The summed E-state index contributed by atoms with van der Waals surface area (Å²) in [5, 5.41) is 9.43. The van der Waals surface area contributed by atoms with E-state index in [4.69, 9.17) is 4.52 Å². The van der Waals surface area contributed by atoms with Gasteiger partial charge in [0.15, 0.2) is 11.8 Å². The van der Waals surface area contributed by atoms with Gasteiger partial charge in [0.2, 0.25) is 5.89 Å². The van der Waals surface area contributed by atoms with Gasteiger partial charge in [-0.1, -0.05) is 25.1 Å². The first-order valence-corrected chi connectivity index (χ1v) is 9.32. The van der Waals surface area contributed by atoms with Crippen molar-refractivity contribution in [1.29, 1.82) is 0 Å². The van der Waals surface area contributed by atoms with Crippen LogP contribution in [0.15, 0.2) is 27.0 Å². The third-order valence-corrected chi connectivity index (χ3v) is 4.49. The number of aliphatic imine (C=N–C) groups is 1. The van der Waals surface area contributed by atoms with Crippen molar-refractivity contribution >= 4 is 17.3 Å². The second-order valence-electron chi connectivity index (χ2n) is 5.94. The molecule has 24 heavy (non-hydrogen) atoms. The van der Waals surface area contributed by atoms with Gasteiger partial charge in [0.25, 0.3) is 0 Å². The van der Waals surface area contributed by atoms with E-state index in [1.165, 1.54) is 4.88 Å². The van der Waals surface area contributed by atoms with Crippen LogP contribution in [0.2, 0.25) is 0 Å². The van der Waals surface area contributed by atoms with Gasteiger partial charge in [-0.3, -0.25) is 4.99 Å². The molecule has 0 spiro atoms. The van der Waals surface area contributed by atoms with Crippen molar-refractivity contribution in [3.8, 4) is 0 Å². The Bertz CT molecular complexity index is 621. The van der Waals surface area contributed by atoms with E-state index < -0.39 is 0 Å². The van der Waals surface area contributed by atoms with Crippen molar-refractivity contribution in [1.82, 2.24) is 20.4 Å². The van der Waals surface area contributed by atoms with Crippen molar-refractivity contribution in [2.75, 3.05) is 26.7 Å². The number of nitrogens with one attached hydrogen (secondary N) is 1. The molecule has 0 aliphatic carbocycles. The van der Waals surface area contributed by atoms with Gasteiger partial charge in [0, 0.05) is 37.4 Å². The largest absolute Gasteiger partial charge is 0.357 e. The number of likely N-dealkylation sites (N-methyl/N-ethyl adjacent to an activating group) is 1. The Morgan fingerprint density at radius 2 is 2.25 bits per heavy atom. The molecule has 0 aliphatic rings. The lowest BCUT2D eigenvalue weighted by Crippen LogP contribution is -2.40. The van der Waals surface area contributed by atoms with Gasteiger partial charge < -0.3 is 14.7 Å². The van der Waals surface area contributed by atoms with Gasteiger partial charge in [0.1, 0.15) is 0 Å². The van der Waals surface area contributed by atoms with Crippen LogP contribution >= 0.6 is 11.3 Å². The second kappa shape index (κ2) is 9.42. The van der Waals surface area contributed by atoms with E-state index in [-0.39, 0.29) is 5.92 Å². The standard InChI is InChI=1S/C17H27N5OS/c1-5-18-17(22(4)11-9-14-7-6-12-24-14)19-10-8-15-20-16(13(2)3)21-23-15/h6-7,12-13H,5,8-11H2,1-4H3,(H,18,19). The van der Waals surface area contributed by atoms with E-state index in [2.05, 4.69) is 70.7 Å².